The maximum atomic E-state index is 12.1. The van der Waals surface area contributed by atoms with Crippen molar-refractivity contribution in [2.75, 3.05) is 26.2 Å². The second-order valence-electron chi connectivity index (χ2n) is 7.16. The van der Waals surface area contributed by atoms with E-state index >= 15 is 0 Å². The molecule has 0 radical (unpaired) electrons. The molecular formula is C17H31N3O2. The molecule has 0 aromatic rings. The Balaban J connectivity index is 1.31. The second kappa shape index (κ2) is 8.16. The van der Waals surface area contributed by atoms with Crippen LogP contribution in [0.25, 0.3) is 0 Å². The van der Waals surface area contributed by atoms with E-state index < -0.39 is 0 Å². The fraction of sp³-hybridized carbons (Fsp3) is 0.941. The summed E-state index contributed by atoms with van der Waals surface area (Å²) >= 11 is 0. The Labute approximate surface area is 134 Å². The normalized spacial score (nSPS) is 28.6. The molecule has 2 saturated heterocycles. The maximum Gasteiger partial charge on any atom is 0.315 e. The van der Waals surface area contributed by atoms with Crippen LogP contribution in [-0.4, -0.2) is 55.4 Å². The van der Waals surface area contributed by atoms with Gasteiger partial charge in [-0.15, -0.1) is 0 Å². The fourth-order valence-corrected chi connectivity index (χ4v) is 4.00. The molecule has 1 unspecified atom stereocenters. The molecule has 1 aliphatic carbocycles. The van der Waals surface area contributed by atoms with Crippen LogP contribution in [0.3, 0.4) is 0 Å². The summed E-state index contributed by atoms with van der Waals surface area (Å²) < 4.78 is 5.71. The van der Waals surface area contributed by atoms with Crippen molar-refractivity contribution in [1.29, 1.82) is 0 Å². The number of piperidine rings is 1. The summed E-state index contributed by atoms with van der Waals surface area (Å²) in [6, 6.07) is 0.780. The summed E-state index contributed by atoms with van der Waals surface area (Å²) in [5, 5.41) is 6.32. The van der Waals surface area contributed by atoms with Gasteiger partial charge in [-0.05, 0) is 38.5 Å². The van der Waals surface area contributed by atoms with Gasteiger partial charge in [-0.25, -0.2) is 4.79 Å². The van der Waals surface area contributed by atoms with Gasteiger partial charge >= 0.3 is 6.03 Å². The Bertz CT molecular complexity index is 344. The zero-order valence-electron chi connectivity index (χ0n) is 13.7. The van der Waals surface area contributed by atoms with Crippen molar-refractivity contribution in [2.24, 2.45) is 0 Å². The van der Waals surface area contributed by atoms with Crippen LogP contribution >= 0.6 is 0 Å². The Kier molecular flexibility index (Phi) is 5.96. The number of nitrogens with one attached hydrogen (secondary N) is 2. The van der Waals surface area contributed by atoms with Crippen molar-refractivity contribution in [1.82, 2.24) is 15.5 Å². The number of ether oxygens (including phenoxy) is 1. The third-order valence-electron chi connectivity index (χ3n) is 5.35. The van der Waals surface area contributed by atoms with E-state index in [0.29, 0.717) is 18.2 Å². The predicted molar refractivity (Wildman–Crippen MR) is 87.0 cm³/mol. The average Bonchev–Trinajstić information content (AvgIpc) is 3.03. The fourth-order valence-electron chi connectivity index (χ4n) is 4.00. The average molecular weight is 309 g/mol. The van der Waals surface area contributed by atoms with Gasteiger partial charge < -0.3 is 20.3 Å². The van der Waals surface area contributed by atoms with Gasteiger partial charge in [0.05, 0.1) is 6.10 Å². The van der Waals surface area contributed by atoms with Crippen LogP contribution in [-0.2, 0) is 4.74 Å². The monoisotopic (exact) mass is 309 g/mol. The molecule has 2 heterocycles. The largest absolute Gasteiger partial charge is 0.377 e. The Morgan fingerprint density at radius 3 is 2.23 bits per heavy atom. The molecule has 0 bridgehead atoms. The zero-order chi connectivity index (χ0) is 15.2. The van der Waals surface area contributed by atoms with Crippen molar-refractivity contribution in [3.05, 3.63) is 0 Å². The minimum atomic E-state index is 0.0458. The molecule has 0 aromatic carbocycles. The van der Waals surface area contributed by atoms with Crippen molar-refractivity contribution in [3.8, 4) is 0 Å². The van der Waals surface area contributed by atoms with Gasteiger partial charge in [-0.2, -0.15) is 0 Å². The molecule has 3 fully saturated rings. The van der Waals surface area contributed by atoms with E-state index in [9.17, 15) is 4.79 Å². The summed E-state index contributed by atoms with van der Waals surface area (Å²) in [5.41, 5.74) is 0. The molecule has 3 rings (SSSR count). The number of urea groups is 1. The maximum absolute atomic E-state index is 12.1. The molecule has 0 aromatic heterocycles. The first kappa shape index (κ1) is 16.1. The number of carbonyl (C=O) groups is 1. The molecule has 2 aliphatic heterocycles. The van der Waals surface area contributed by atoms with Gasteiger partial charge in [0.1, 0.15) is 0 Å². The van der Waals surface area contributed by atoms with E-state index in [2.05, 4.69) is 15.5 Å². The SMILES string of the molecule is O=C(NC1CCCCC1)NC1CCN(CC2CCCO2)CC1. The van der Waals surface area contributed by atoms with Crippen LogP contribution in [0.15, 0.2) is 0 Å². The number of carbonyl (C=O) groups excluding carboxylic acids is 1. The van der Waals surface area contributed by atoms with E-state index in [1.54, 1.807) is 0 Å². The summed E-state index contributed by atoms with van der Waals surface area (Å²) in [6.07, 6.45) is 11.1. The van der Waals surface area contributed by atoms with Gasteiger partial charge in [0.15, 0.2) is 0 Å². The molecule has 2 amide bonds. The van der Waals surface area contributed by atoms with Crippen molar-refractivity contribution in [3.63, 3.8) is 0 Å². The number of rotatable bonds is 4. The van der Waals surface area contributed by atoms with Crippen molar-refractivity contribution >= 4 is 6.03 Å². The van der Waals surface area contributed by atoms with E-state index in [1.165, 1.54) is 32.1 Å². The molecule has 0 spiro atoms. The zero-order valence-corrected chi connectivity index (χ0v) is 13.7. The number of hydrogen-bond donors (Lipinski definition) is 2. The smallest absolute Gasteiger partial charge is 0.315 e. The summed E-state index contributed by atoms with van der Waals surface area (Å²) in [7, 11) is 0. The standard InChI is InChI=1S/C17H31N3O2/c21-17(18-14-5-2-1-3-6-14)19-15-8-10-20(11-9-15)13-16-7-4-12-22-16/h14-16H,1-13H2,(H2,18,19,21). The minimum Gasteiger partial charge on any atom is -0.377 e. The molecule has 3 aliphatic rings. The quantitative estimate of drug-likeness (QED) is 0.837. The number of likely N-dealkylation sites (tertiary alicyclic amines) is 1. The van der Waals surface area contributed by atoms with Crippen LogP contribution in [0.5, 0.6) is 0 Å². The molecule has 5 nitrogen and oxygen atoms in total. The molecule has 5 heteroatoms. The first-order valence-electron chi connectivity index (χ1n) is 9.20. The summed E-state index contributed by atoms with van der Waals surface area (Å²) in [4.78, 5) is 14.6. The van der Waals surface area contributed by atoms with Gasteiger partial charge in [0.2, 0.25) is 0 Å². The Morgan fingerprint density at radius 1 is 0.909 bits per heavy atom. The van der Waals surface area contributed by atoms with Crippen LogP contribution < -0.4 is 10.6 Å². The molecule has 2 N–H and O–H groups in total. The number of nitrogens with zero attached hydrogens (tertiary/aromatic N) is 1. The lowest BCUT2D eigenvalue weighted by molar-refractivity contribution is 0.0632. The Hall–Kier alpha value is -0.810. The lowest BCUT2D eigenvalue weighted by Gasteiger charge is -2.34. The third kappa shape index (κ3) is 4.85. The highest BCUT2D eigenvalue weighted by atomic mass is 16.5. The van der Waals surface area contributed by atoms with Gasteiger partial charge in [0, 0.05) is 38.3 Å². The minimum absolute atomic E-state index is 0.0458. The first-order valence-corrected chi connectivity index (χ1v) is 9.20. The highest BCUT2D eigenvalue weighted by molar-refractivity contribution is 5.74. The van der Waals surface area contributed by atoms with Crippen molar-refractivity contribution in [2.45, 2.75) is 76.0 Å². The van der Waals surface area contributed by atoms with E-state index in [1.807, 2.05) is 0 Å². The van der Waals surface area contributed by atoms with Crippen molar-refractivity contribution < 1.29 is 9.53 Å². The van der Waals surface area contributed by atoms with E-state index in [4.69, 9.17) is 4.74 Å². The van der Waals surface area contributed by atoms with E-state index in [-0.39, 0.29) is 6.03 Å². The number of hydrogen-bond acceptors (Lipinski definition) is 3. The third-order valence-corrected chi connectivity index (χ3v) is 5.35. The molecular weight excluding hydrogens is 278 g/mol. The van der Waals surface area contributed by atoms with Gasteiger partial charge in [0.25, 0.3) is 0 Å². The molecule has 1 saturated carbocycles. The van der Waals surface area contributed by atoms with Gasteiger partial charge in [-0.1, -0.05) is 19.3 Å². The highest BCUT2D eigenvalue weighted by Crippen LogP contribution is 2.18. The molecule has 126 valence electrons. The predicted octanol–water partition coefficient (Wildman–Crippen LogP) is 2.26. The lowest BCUT2D eigenvalue weighted by Crippen LogP contribution is -2.51. The van der Waals surface area contributed by atoms with Crippen LogP contribution in [0.4, 0.5) is 4.79 Å². The van der Waals surface area contributed by atoms with Crippen LogP contribution in [0, 0.1) is 0 Å². The summed E-state index contributed by atoms with van der Waals surface area (Å²) in [6.45, 7) is 4.16. The number of amides is 2. The Morgan fingerprint density at radius 2 is 1.59 bits per heavy atom. The second-order valence-corrected chi connectivity index (χ2v) is 7.16. The van der Waals surface area contributed by atoms with E-state index in [0.717, 1.165) is 51.9 Å². The highest BCUT2D eigenvalue weighted by Gasteiger charge is 2.25. The van der Waals surface area contributed by atoms with Crippen LogP contribution in [0.2, 0.25) is 0 Å². The first-order chi connectivity index (χ1) is 10.8. The summed E-state index contributed by atoms with van der Waals surface area (Å²) in [5.74, 6) is 0. The lowest BCUT2D eigenvalue weighted by atomic mass is 9.96. The van der Waals surface area contributed by atoms with Gasteiger partial charge in [-0.3, -0.25) is 0 Å². The van der Waals surface area contributed by atoms with Crippen LogP contribution in [0.1, 0.15) is 57.8 Å². The topological polar surface area (TPSA) is 53.6 Å². The molecule has 22 heavy (non-hydrogen) atoms. The molecule has 1 atom stereocenters.